The molecule has 0 aromatic rings. The van der Waals surface area contributed by atoms with Crippen LogP contribution in [-0.4, -0.2) is 76.5 Å². The predicted molar refractivity (Wildman–Crippen MR) is 212 cm³/mol. The number of allylic oxidation sites excluding steroid dienone is 5. The highest BCUT2D eigenvalue weighted by atomic mass is 19.1. The van der Waals surface area contributed by atoms with Crippen molar-refractivity contribution < 1.29 is 34.1 Å². The van der Waals surface area contributed by atoms with E-state index in [0.717, 1.165) is 32.4 Å². The molecule has 1 saturated heterocycles. The maximum atomic E-state index is 14.0. The first-order valence-electron chi connectivity index (χ1n) is 21.6. The van der Waals surface area contributed by atoms with E-state index < -0.39 is 35.4 Å². The van der Waals surface area contributed by atoms with Crippen LogP contribution in [0.2, 0.25) is 0 Å². The molecule has 0 bridgehead atoms. The van der Waals surface area contributed by atoms with Crippen LogP contribution >= 0.6 is 0 Å². The van der Waals surface area contributed by atoms with Crippen molar-refractivity contribution in [3.05, 3.63) is 35.5 Å². The molecule has 4 N–H and O–H groups in total. The summed E-state index contributed by atoms with van der Waals surface area (Å²) >= 11 is 0. The van der Waals surface area contributed by atoms with Crippen LogP contribution in [0.3, 0.4) is 0 Å². The van der Waals surface area contributed by atoms with E-state index in [1.54, 1.807) is 0 Å². The van der Waals surface area contributed by atoms with Gasteiger partial charge in [0.15, 0.2) is 5.41 Å². The van der Waals surface area contributed by atoms with Gasteiger partial charge in [0.25, 0.3) is 0 Å². The Bertz CT molecular complexity index is 1650. The second-order valence-corrected chi connectivity index (χ2v) is 21.0. The van der Waals surface area contributed by atoms with E-state index in [0.29, 0.717) is 55.5 Å². The lowest BCUT2D eigenvalue weighted by molar-refractivity contribution is -0.221. The third kappa shape index (κ3) is 5.87. The molecule has 0 radical (unpaired) electrons. The van der Waals surface area contributed by atoms with E-state index in [-0.39, 0.29) is 46.5 Å². The molecule has 55 heavy (non-hydrogen) atoms. The van der Waals surface area contributed by atoms with Crippen molar-refractivity contribution in [3.63, 3.8) is 0 Å². The van der Waals surface area contributed by atoms with Crippen molar-refractivity contribution in [1.29, 1.82) is 0 Å². The van der Waals surface area contributed by atoms with Crippen LogP contribution in [0.4, 0.5) is 4.39 Å². The highest BCUT2D eigenvalue weighted by Crippen LogP contribution is 2.76. The van der Waals surface area contributed by atoms with Crippen LogP contribution in [0.1, 0.15) is 131 Å². The molecule has 9 heteroatoms. The minimum absolute atomic E-state index is 0.0455. The van der Waals surface area contributed by atoms with Crippen molar-refractivity contribution >= 4 is 17.9 Å². The molecule has 1 aliphatic heterocycles. The Balaban J connectivity index is 1.10. The Kier molecular flexibility index (Phi) is 10.2. The molecular weight excluding hydrogens is 696 g/mol. The molecule has 0 amide bonds. The maximum Gasteiger partial charge on any atom is 0.321 e. The van der Waals surface area contributed by atoms with Crippen LogP contribution in [0.15, 0.2) is 35.5 Å². The minimum Gasteiger partial charge on any atom is -0.481 e. The lowest BCUT2D eigenvalue weighted by Crippen LogP contribution is -2.68. The molecule has 7 rings (SSSR count). The smallest absolute Gasteiger partial charge is 0.321 e. The predicted octanol–water partition coefficient (Wildman–Crippen LogP) is 8.92. The normalized spacial score (nSPS) is 43.4. The molecule has 8 nitrogen and oxygen atoms in total. The van der Waals surface area contributed by atoms with Crippen LogP contribution in [0.25, 0.3) is 0 Å². The van der Waals surface area contributed by atoms with Gasteiger partial charge in [-0.1, -0.05) is 58.9 Å². The average molecular weight is 765 g/mol. The molecule has 306 valence electrons. The van der Waals surface area contributed by atoms with Gasteiger partial charge in [-0.2, -0.15) is 0 Å². The zero-order chi connectivity index (χ0) is 40.0. The van der Waals surface area contributed by atoms with E-state index in [2.05, 4.69) is 70.5 Å². The standard InChI is InChI=1S/C46H69FN2O6/c1-29(2)31-12-19-46(48-24-27-49-25-22-45(23-26-49,38(52)53)39(54)55)21-20-42(6)33(36(31)46)8-9-35-41(5)15-13-32(40(3,4)34(41)14-16-43(35,42)7)30-10-17-44(28-47,18-11-30)37(50)51/h10,13,31,33-36,48H,1,8-9,11-12,14-28H2,2-7H3,(H,50,51)(H,52,53)(H,54,55)/t31-,33+,34?,35?,36?,41-,42+,43+,44+,46-/m0/s1. The van der Waals surface area contributed by atoms with E-state index in [9.17, 15) is 34.1 Å². The van der Waals surface area contributed by atoms with Gasteiger partial charge in [0.2, 0.25) is 0 Å². The van der Waals surface area contributed by atoms with Crippen LogP contribution in [0, 0.1) is 62.1 Å². The lowest BCUT2D eigenvalue weighted by Gasteiger charge is -2.72. The van der Waals surface area contributed by atoms with Crippen molar-refractivity contribution in [3.8, 4) is 0 Å². The van der Waals surface area contributed by atoms with E-state index in [1.807, 2.05) is 0 Å². The number of carbonyl (C=O) groups is 3. The molecule has 10 atom stereocenters. The first-order valence-corrected chi connectivity index (χ1v) is 21.6. The van der Waals surface area contributed by atoms with Crippen molar-refractivity contribution in [1.82, 2.24) is 10.2 Å². The van der Waals surface area contributed by atoms with Gasteiger partial charge in [0.05, 0.1) is 5.41 Å². The van der Waals surface area contributed by atoms with E-state index in [1.165, 1.54) is 55.2 Å². The molecule has 0 spiro atoms. The largest absolute Gasteiger partial charge is 0.481 e. The summed E-state index contributed by atoms with van der Waals surface area (Å²) < 4.78 is 14.0. The van der Waals surface area contributed by atoms with E-state index >= 15 is 0 Å². The Morgan fingerprint density at radius 1 is 0.818 bits per heavy atom. The number of nitrogens with one attached hydrogen (secondary N) is 1. The molecule has 3 unspecified atom stereocenters. The van der Waals surface area contributed by atoms with Gasteiger partial charge in [-0.3, -0.25) is 14.4 Å². The quantitative estimate of drug-likeness (QED) is 0.128. The molecule has 5 fully saturated rings. The summed E-state index contributed by atoms with van der Waals surface area (Å²) in [4.78, 5) is 38.0. The number of aliphatic carboxylic acids is 3. The fraction of sp³-hybridized carbons (Fsp3) is 0.804. The first-order chi connectivity index (χ1) is 25.8. The molecule has 7 aliphatic rings. The molecule has 6 aliphatic carbocycles. The number of hydrogen-bond acceptors (Lipinski definition) is 5. The summed E-state index contributed by atoms with van der Waals surface area (Å²) in [5.41, 5.74) is 1.58. The topological polar surface area (TPSA) is 127 Å². The number of piperidine rings is 1. The van der Waals surface area contributed by atoms with Gasteiger partial charge in [0, 0.05) is 18.6 Å². The molecule has 0 aromatic carbocycles. The SMILES string of the molecule is C=C(C)[C@@H]1CC[C@]2(NCCN3CCC(C(=O)O)(C(=O)O)CC3)CC[C@]3(C)[C@H](CCC4[C@@]5(C)CC=C(C6=CC[C@@](CF)(C(=O)O)CC6)C(C)(C)C5CC[C@]43C)C12. The number of halogens is 1. The minimum atomic E-state index is -1.67. The number of nitrogens with zero attached hydrogens (tertiary/aromatic N) is 1. The third-order valence-corrected chi connectivity index (χ3v) is 18.7. The molecular formula is C46H69FN2O6. The zero-order valence-corrected chi connectivity index (χ0v) is 34.6. The number of carboxylic acid groups (broad SMARTS) is 3. The van der Waals surface area contributed by atoms with Gasteiger partial charge in [-0.15, -0.1) is 0 Å². The third-order valence-electron chi connectivity index (χ3n) is 18.7. The van der Waals surface area contributed by atoms with Gasteiger partial charge in [-0.05, 0) is 172 Å². The summed E-state index contributed by atoms with van der Waals surface area (Å²) in [6.07, 6.45) is 16.7. The number of carboxylic acids is 3. The highest BCUT2D eigenvalue weighted by molar-refractivity contribution is 5.98. The van der Waals surface area contributed by atoms with E-state index in [4.69, 9.17) is 0 Å². The van der Waals surface area contributed by atoms with Gasteiger partial charge in [0.1, 0.15) is 6.67 Å². The Labute approximate surface area is 328 Å². The molecule has 1 heterocycles. The van der Waals surface area contributed by atoms with Gasteiger partial charge >= 0.3 is 17.9 Å². The summed E-state index contributed by atoms with van der Waals surface area (Å²) in [7, 11) is 0. The maximum absolute atomic E-state index is 14.0. The molecule has 4 saturated carbocycles. The summed E-state index contributed by atoms with van der Waals surface area (Å²) in [5, 5.41) is 33.4. The second kappa shape index (κ2) is 13.8. The lowest BCUT2D eigenvalue weighted by atomic mass is 9.33. The summed E-state index contributed by atoms with van der Waals surface area (Å²) in [6, 6.07) is 0. The number of fused-ring (bicyclic) bond motifs is 7. The molecule has 0 aromatic heterocycles. The Morgan fingerprint density at radius 2 is 1.51 bits per heavy atom. The highest BCUT2D eigenvalue weighted by Gasteiger charge is 2.70. The summed E-state index contributed by atoms with van der Waals surface area (Å²) in [5.74, 6) is -0.706. The van der Waals surface area contributed by atoms with Crippen LogP contribution in [0.5, 0.6) is 0 Å². The Morgan fingerprint density at radius 3 is 2.09 bits per heavy atom. The number of alkyl halides is 1. The number of rotatable bonds is 10. The number of hydrogen-bond donors (Lipinski definition) is 4. The first kappa shape index (κ1) is 40.7. The van der Waals surface area contributed by atoms with Crippen LogP contribution < -0.4 is 5.32 Å². The Hall–Kier alpha value is -2.52. The van der Waals surface area contributed by atoms with Crippen molar-refractivity contribution in [2.45, 2.75) is 137 Å². The van der Waals surface area contributed by atoms with Crippen molar-refractivity contribution in [2.75, 3.05) is 32.9 Å². The van der Waals surface area contributed by atoms with Crippen LogP contribution in [-0.2, 0) is 14.4 Å². The zero-order valence-electron chi connectivity index (χ0n) is 34.6. The second-order valence-electron chi connectivity index (χ2n) is 21.0. The monoisotopic (exact) mass is 765 g/mol. The fourth-order valence-corrected chi connectivity index (χ4v) is 15.3. The van der Waals surface area contributed by atoms with Gasteiger partial charge < -0.3 is 25.5 Å². The van der Waals surface area contributed by atoms with Gasteiger partial charge in [-0.25, -0.2) is 4.39 Å². The number of likely N-dealkylation sites (tertiary alicyclic amines) is 1. The van der Waals surface area contributed by atoms with Crippen molar-refractivity contribution in [2.24, 2.45) is 62.1 Å². The fourth-order valence-electron chi connectivity index (χ4n) is 15.3. The average Bonchev–Trinajstić information content (AvgIpc) is 3.52. The summed E-state index contributed by atoms with van der Waals surface area (Å²) in [6.45, 7) is 21.4.